The van der Waals surface area contributed by atoms with Crippen molar-refractivity contribution in [2.24, 2.45) is 0 Å². The summed E-state index contributed by atoms with van der Waals surface area (Å²) in [5, 5.41) is 30.5. The summed E-state index contributed by atoms with van der Waals surface area (Å²) < 4.78 is 0. The van der Waals surface area contributed by atoms with Crippen LogP contribution in [0.4, 0.5) is 0 Å². The van der Waals surface area contributed by atoms with E-state index >= 15 is 0 Å². The van der Waals surface area contributed by atoms with E-state index in [0.717, 1.165) is 6.07 Å². The Hall–Kier alpha value is -2.24. The molecule has 0 saturated carbocycles. The molecule has 0 radical (unpaired) electrons. The first-order valence-electron chi connectivity index (χ1n) is 5.94. The summed E-state index contributed by atoms with van der Waals surface area (Å²) in [4.78, 5) is 23.3. The first-order chi connectivity index (χ1) is 8.86. The van der Waals surface area contributed by atoms with Gasteiger partial charge < -0.3 is 20.6 Å². The number of benzene rings is 1. The zero-order chi connectivity index (χ0) is 14.6. The van der Waals surface area contributed by atoms with Crippen molar-refractivity contribution in [1.29, 1.82) is 0 Å². The molecule has 0 atom stereocenters. The highest BCUT2D eigenvalue weighted by Crippen LogP contribution is 2.24. The number of carbonyl (C=O) groups is 2. The van der Waals surface area contributed by atoms with Gasteiger partial charge in [0.2, 0.25) is 0 Å². The van der Waals surface area contributed by atoms with Gasteiger partial charge in [-0.2, -0.15) is 0 Å². The number of aliphatic carboxylic acids is 1. The number of carbonyl (C=O) groups excluding carboxylic acids is 1. The molecule has 4 N–H and O–H groups in total. The Morgan fingerprint density at radius 3 is 2.26 bits per heavy atom. The van der Waals surface area contributed by atoms with E-state index in [9.17, 15) is 24.9 Å². The van der Waals surface area contributed by atoms with Crippen LogP contribution >= 0.6 is 0 Å². The van der Waals surface area contributed by atoms with Crippen LogP contribution in [0, 0.1) is 0 Å². The number of amides is 1. The summed E-state index contributed by atoms with van der Waals surface area (Å²) in [6, 6.07) is 3.49. The van der Waals surface area contributed by atoms with Crippen molar-refractivity contribution in [2.75, 3.05) is 0 Å². The van der Waals surface area contributed by atoms with Crippen LogP contribution in [0.1, 0.15) is 37.0 Å². The van der Waals surface area contributed by atoms with Gasteiger partial charge in [-0.05, 0) is 31.0 Å². The maximum atomic E-state index is 12.0. The summed E-state index contributed by atoms with van der Waals surface area (Å²) in [5.41, 5.74) is -1.54. The third-order valence-electron chi connectivity index (χ3n) is 3.19. The second kappa shape index (κ2) is 5.60. The minimum Gasteiger partial charge on any atom is -0.508 e. The zero-order valence-electron chi connectivity index (χ0n) is 10.8. The van der Waals surface area contributed by atoms with Gasteiger partial charge in [0, 0.05) is 0 Å². The number of carboxylic acid groups (broad SMARTS) is 1. The van der Waals surface area contributed by atoms with Crippen LogP contribution in [0.5, 0.6) is 11.5 Å². The smallest absolute Gasteiger partial charge is 0.329 e. The van der Waals surface area contributed by atoms with Crippen molar-refractivity contribution in [1.82, 2.24) is 5.32 Å². The number of hydrogen-bond donors (Lipinski definition) is 4. The van der Waals surface area contributed by atoms with Crippen molar-refractivity contribution < 1.29 is 24.9 Å². The average molecular weight is 267 g/mol. The van der Waals surface area contributed by atoms with Gasteiger partial charge in [-0.15, -0.1) is 0 Å². The number of phenols is 2. The van der Waals surface area contributed by atoms with Crippen molar-refractivity contribution in [3.05, 3.63) is 23.8 Å². The molecule has 1 rings (SSSR count). The molecule has 0 aliphatic carbocycles. The fourth-order valence-corrected chi connectivity index (χ4v) is 1.77. The molecule has 6 nitrogen and oxygen atoms in total. The number of nitrogens with one attached hydrogen (secondary N) is 1. The van der Waals surface area contributed by atoms with Gasteiger partial charge in [-0.25, -0.2) is 4.79 Å². The van der Waals surface area contributed by atoms with Crippen LogP contribution in [0.25, 0.3) is 0 Å². The summed E-state index contributed by atoms with van der Waals surface area (Å²) in [6.45, 7) is 3.31. The van der Waals surface area contributed by atoms with Crippen LogP contribution in [0.2, 0.25) is 0 Å². The highest BCUT2D eigenvalue weighted by Gasteiger charge is 2.37. The predicted molar refractivity (Wildman–Crippen MR) is 68.2 cm³/mol. The highest BCUT2D eigenvalue weighted by molar-refractivity contribution is 6.00. The minimum absolute atomic E-state index is 0.160. The molecule has 0 fully saturated rings. The Morgan fingerprint density at radius 1 is 1.21 bits per heavy atom. The van der Waals surface area contributed by atoms with Crippen LogP contribution in [-0.2, 0) is 4.79 Å². The molecular formula is C13H17NO5. The monoisotopic (exact) mass is 267 g/mol. The van der Waals surface area contributed by atoms with Crippen LogP contribution in [-0.4, -0.2) is 32.7 Å². The Bertz CT molecular complexity index is 494. The fraction of sp³-hybridized carbons (Fsp3) is 0.385. The van der Waals surface area contributed by atoms with E-state index in [-0.39, 0.29) is 29.9 Å². The lowest BCUT2D eigenvalue weighted by molar-refractivity contribution is -0.144. The third-order valence-corrected chi connectivity index (χ3v) is 3.19. The highest BCUT2D eigenvalue weighted by atomic mass is 16.4. The van der Waals surface area contributed by atoms with E-state index in [0.29, 0.717) is 0 Å². The van der Waals surface area contributed by atoms with Crippen molar-refractivity contribution in [2.45, 2.75) is 32.2 Å². The summed E-state index contributed by atoms with van der Waals surface area (Å²) in [6.07, 6.45) is 0.425. The Kier molecular flexibility index (Phi) is 4.37. The van der Waals surface area contributed by atoms with Crippen LogP contribution in [0.3, 0.4) is 0 Å². The van der Waals surface area contributed by atoms with E-state index in [2.05, 4.69) is 5.32 Å². The Morgan fingerprint density at radius 2 is 1.79 bits per heavy atom. The topological polar surface area (TPSA) is 107 Å². The molecule has 0 heterocycles. The zero-order valence-corrected chi connectivity index (χ0v) is 10.8. The number of hydrogen-bond acceptors (Lipinski definition) is 4. The summed E-state index contributed by atoms with van der Waals surface area (Å²) >= 11 is 0. The number of aromatic hydroxyl groups is 2. The third kappa shape index (κ3) is 2.96. The number of carboxylic acids is 1. The molecule has 6 heteroatoms. The molecule has 0 aliphatic heterocycles. The average Bonchev–Trinajstić information content (AvgIpc) is 2.38. The second-order valence-corrected chi connectivity index (χ2v) is 4.25. The van der Waals surface area contributed by atoms with Gasteiger partial charge in [0.15, 0.2) is 0 Å². The van der Waals surface area contributed by atoms with Crippen LogP contribution in [0.15, 0.2) is 18.2 Å². The number of rotatable bonds is 5. The van der Waals surface area contributed by atoms with Gasteiger partial charge in [0.1, 0.15) is 17.0 Å². The molecule has 0 bridgehead atoms. The molecular weight excluding hydrogens is 250 g/mol. The Balaban J connectivity index is 3.07. The lowest BCUT2D eigenvalue weighted by Crippen LogP contribution is -2.53. The largest absolute Gasteiger partial charge is 0.508 e. The second-order valence-electron chi connectivity index (χ2n) is 4.25. The van der Waals surface area contributed by atoms with E-state index in [1.807, 2.05) is 0 Å². The standard InChI is InChI=1S/C13H17NO5/c1-3-13(4-2,12(18)19)14-11(17)9-7-8(15)5-6-10(9)16/h5-7,15-16H,3-4H2,1-2H3,(H,14,17)(H,18,19). The van der Waals surface area contributed by atoms with Crippen molar-refractivity contribution >= 4 is 11.9 Å². The molecule has 1 aromatic rings. The van der Waals surface area contributed by atoms with Crippen molar-refractivity contribution in [3.8, 4) is 11.5 Å². The summed E-state index contributed by atoms with van der Waals surface area (Å²) in [7, 11) is 0. The molecule has 0 aromatic heterocycles. The molecule has 0 unspecified atom stereocenters. The molecule has 19 heavy (non-hydrogen) atoms. The molecule has 1 aromatic carbocycles. The van der Waals surface area contributed by atoms with Gasteiger partial charge in [0.05, 0.1) is 5.56 Å². The quantitative estimate of drug-likeness (QED) is 0.604. The summed E-state index contributed by atoms with van der Waals surface area (Å²) in [5.74, 6) is -2.37. The molecule has 0 saturated heterocycles. The van der Waals surface area contributed by atoms with E-state index in [1.165, 1.54) is 12.1 Å². The maximum absolute atomic E-state index is 12.0. The molecule has 104 valence electrons. The molecule has 0 spiro atoms. The van der Waals surface area contributed by atoms with Gasteiger partial charge in [-0.3, -0.25) is 4.79 Å². The van der Waals surface area contributed by atoms with Gasteiger partial charge in [-0.1, -0.05) is 13.8 Å². The lowest BCUT2D eigenvalue weighted by Gasteiger charge is -2.28. The first-order valence-corrected chi connectivity index (χ1v) is 5.94. The first kappa shape index (κ1) is 14.8. The number of phenolic OH excluding ortho intramolecular Hbond substituents is 2. The molecule has 1 amide bonds. The lowest BCUT2D eigenvalue weighted by atomic mass is 9.92. The predicted octanol–water partition coefficient (Wildman–Crippen LogP) is 1.47. The van der Waals surface area contributed by atoms with E-state index < -0.39 is 17.4 Å². The maximum Gasteiger partial charge on any atom is 0.329 e. The van der Waals surface area contributed by atoms with E-state index in [4.69, 9.17) is 0 Å². The van der Waals surface area contributed by atoms with E-state index in [1.54, 1.807) is 13.8 Å². The van der Waals surface area contributed by atoms with Crippen LogP contribution < -0.4 is 5.32 Å². The van der Waals surface area contributed by atoms with Gasteiger partial charge >= 0.3 is 5.97 Å². The normalized spacial score (nSPS) is 11.1. The van der Waals surface area contributed by atoms with Gasteiger partial charge in [0.25, 0.3) is 5.91 Å². The molecule has 0 aliphatic rings. The van der Waals surface area contributed by atoms with Crippen molar-refractivity contribution in [3.63, 3.8) is 0 Å². The fourth-order valence-electron chi connectivity index (χ4n) is 1.77. The SMILES string of the molecule is CCC(CC)(NC(=O)c1cc(O)ccc1O)C(=O)O. The minimum atomic E-state index is -1.38. The Labute approximate surface area is 110 Å².